The number of nitrogens with one attached hydrogen (secondary N) is 1. The standard InChI is InChI=1S/C25H22FN7O2/c1-15(2)35-20-10-4-17(5-11-20)25(34)30-22-12-16(3)31-33(22)24-21-13-29-32(23(21)27-14-28-24)19-8-6-18(26)7-9-19/h4-15H,1-3H3,(H,30,34). The van der Waals surface area contributed by atoms with Crippen LogP contribution < -0.4 is 10.1 Å². The zero-order chi connectivity index (χ0) is 24.5. The molecule has 0 radical (unpaired) electrons. The molecule has 0 bridgehead atoms. The Morgan fingerprint density at radius 1 is 1.03 bits per heavy atom. The summed E-state index contributed by atoms with van der Waals surface area (Å²) in [6.07, 6.45) is 3.06. The normalized spacial score (nSPS) is 11.2. The van der Waals surface area contributed by atoms with Crippen molar-refractivity contribution in [2.75, 3.05) is 5.32 Å². The van der Waals surface area contributed by atoms with Crippen LogP contribution in [0.4, 0.5) is 10.2 Å². The number of hydrogen-bond acceptors (Lipinski definition) is 6. The number of carbonyl (C=O) groups excluding carboxylic acids is 1. The average Bonchev–Trinajstić information content (AvgIpc) is 3.43. The van der Waals surface area contributed by atoms with Crippen molar-refractivity contribution in [1.82, 2.24) is 29.5 Å². The fraction of sp³-hybridized carbons (Fsp3) is 0.160. The van der Waals surface area contributed by atoms with E-state index in [1.165, 1.54) is 18.5 Å². The molecule has 0 spiro atoms. The molecule has 5 rings (SSSR count). The lowest BCUT2D eigenvalue weighted by Gasteiger charge is -2.11. The summed E-state index contributed by atoms with van der Waals surface area (Å²) >= 11 is 0. The number of hydrogen-bond donors (Lipinski definition) is 1. The topological polar surface area (TPSA) is 99.7 Å². The maximum absolute atomic E-state index is 13.4. The smallest absolute Gasteiger partial charge is 0.256 e. The SMILES string of the molecule is Cc1cc(NC(=O)c2ccc(OC(C)C)cc2)n(-c2ncnc3c2cnn3-c2ccc(F)cc2)n1. The van der Waals surface area contributed by atoms with Crippen LogP contribution in [0.5, 0.6) is 5.75 Å². The largest absolute Gasteiger partial charge is 0.491 e. The number of ether oxygens (including phenoxy) is 1. The molecular weight excluding hydrogens is 449 g/mol. The summed E-state index contributed by atoms with van der Waals surface area (Å²) in [5.41, 5.74) is 2.34. The Balaban J connectivity index is 1.48. The van der Waals surface area contributed by atoms with Crippen molar-refractivity contribution in [3.8, 4) is 17.3 Å². The zero-order valence-electron chi connectivity index (χ0n) is 19.3. The van der Waals surface area contributed by atoms with Crippen LogP contribution in [0.2, 0.25) is 0 Å². The van der Waals surface area contributed by atoms with Crippen LogP contribution >= 0.6 is 0 Å². The van der Waals surface area contributed by atoms with Crippen LogP contribution in [0, 0.1) is 12.7 Å². The predicted octanol–water partition coefficient (Wildman–Crippen LogP) is 4.49. The number of amides is 1. The molecule has 10 heteroatoms. The summed E-state index contributed by atoms with van der Waals surface area (Å²) in [7, 11) is 0. The average molecular weight is 471 g/mol. The summed E-state index contributed by atoms with van der Waals surface area (Å²) in [6.45, 7) is 5.71. The molecule has 35 heavy (non-hydrogen) atoms. The van der Waals surface area contributed by atoms with E-state index in [-0.39, 0.29) is 17.8 Å². The fourth-order valence-corrected chi connectivity index (χ4v) is 3.67. The third-order valence-corrected chi connectivity index (χ3v) is 5.18. The molecule has 0 unspecified atom stereocenters. The van der Waals surface area contributed by atoms with E-state index in [1.807, 2.05) is 20.8 Å². The van der Waals surface area contributed by atoms with Crippen molar-refractivity contribution >= 4 is 22.8 Å². The number of carbonyl (C=O) groups is 1. The van der Waals surface area contributed by atoms with E-state index in [2.05, 4.69) is 25.5 Å². The minimum atomic E-state index is -0.338. The lowest BCUT2D eigenvalue weighted by molar-refractivity contribution is 0.102. The van der Waals surface area contributed by atoms with Gasteiger partial charge in [0.15, 0.2) is 11.5 Å². The van der Waals surface area contributed by atoms with Gasteiger partial charge in [-0.05, 0) is 69.3 Å². The van der Waals surface area contributed by atoms with E-state index >= 15 is 0 Å². The van der Waals surface area contributed by atoms with Crippen LogP contribution in [0.3, 0.4) is 0 Å². The molecule has 2 aromatic carbocycles. The van der Waals surface area contributed by atoms with Crippen LogP contribution in [0.15, 0.2) is 67.1 Å². The van der Waals surface area contributed by atoms with Crippen molar-refractivity contribution in [2.45, 2.75) is 26.9 Å². The number of rotatable bonds is 6. The minimum absolute atomic E-state index is 0.0455. The van der Waals surface area contributed by atoms with Gasteiger partial charge in [0.2, 0.25) is 0 Å². The van der Waals surface area contributed by atoms with E-state index in [1.54, 1.807) is 58.0 Å². The molecule has 3 aromatic heterocycles. The van der Waals surface area contributed by atoms with Crippen molar-refractivity contribution in [3.63, 3.8) is 0 Å². The minimum Gasteiger partial charge on any atom is -0.491 e. The highest BCUT2D eigenvalue weighted by Gasteiger charge is 2.18. The van der Waals surface area contributed by atoms with Crippen molar-refractivity contribution in [1.29, 1.82) is 0 Å². The number of anilines is 1. The highest BCUT2D eigenvalue weighted by molar-refractivity contribution is 6.04. The van der Waals surface area contributed by atoms with Crippen LogP contribution in [0.25, 0.3) is 22.5 Å². The van der Waals surface area contributed by atoms with E-state index < -0.39 is 0 Å². The van der Waals surface area contributed by atoms with Gasteiger partial charge in [-0.1, -0.05) is 0 Å². The quantitative estimate of drug-likeness (QED) is 0.392. The van der Waals surface area contributed by atoms with E-state index in [0.717, 1.165) is 0 Å². The Morgan fingerprint density at radius 2 is 1.77 bits per heavy atom. The highest BCUT2D eigenvalue weighted by Crippen LogP contribution is 2.25. The molecule has 5 aromatic rings. The summed E-state index contributed by atoms with van der Waals surface area (Å²) in [5.74, 6) is 0.959. The van der Waals surface area contributed by atoms with Gasteiger partial charge >= 0.3 is 0 Å². The Kier molecular flexibility index (Phi) is 5.69. The number of benzene rings is 2. The fourth-order valence-electron chi connectivity index (χ4n) is 3.67. The number of aryl methyl sites for hydroxylation is 1. The maximum atomic E-state index is 13.4. The van der Waals surface area contributed by atoms with Gasteiger partial charge in [-0.3, -0.25) is 4.79 Å². The van der Waals surface area contributed by atoms with Crippen molar-refractivity contribution in [2.24, 2.45) is 0 Å². The van der Waals surface area contributed by atoms with Gasteiger partial charge in [0.1, 0.15) is 23.7 Å². The highest BCUT2D eigenvalue weighted by atomic mass is 19.1. The number of nitrogens with zero attached hydrogens (tertiary/aromatic N) is 6. The molecule has 176 valence electrons. The first-order valence-corrected chi connectivity index (χ1v) is 11.0. The molecule has 9 nitrogen and oxygen atoms in total. The first-order chi connectivity index (χ1) is 16.9. The molecule has 0 aliphatic heterocycles. The van der Waals surface area contributed by atoms with Gasteiger partial charge in [0.05, 0.1) is 29.1 Å². The predicted molar refractivity (Wildman–Crippen MR) is 129 cm³/mol. The van der Waals surface area contributed by atoms with E-state index in [9.17, 15) is 9.18 Å². The van der Waals surface area contributed by atoms with E-state index in [0.29, 0.717) is 45.4 Å². The van der Waals surface area contributed by atoms with Gasteiger partial charge in [0, 0.05) is 11.6 Å². The Hall–Kier alpha value is -4.60. The maximum Gasteiger partial charge on any atom is 0.256 e. The third kappa shape index (κ3) is 4.45. The van der Waals surface area contributed by atoms with Crippen LogP contribution in [0.1, 0.15) is 29.9 Å². The van der Waals surface area contributed by atoms with Crippen LogP contribution in [-0.2, 0) is 0 Å². The molecule has 0 aliphatic rings. The van der Waals surface area contributed by atoms with E-state index in [4.69, 9.17) is 4.74 Å². The van der Waals surface area contributed by atoms with Gasteiger partial charge in [0.25, 0.3) is 5.91 Å². The Morgan fingerprint density at radius 3 is 2.49 bits per heavy atom. The third-order valence-electron chi connectivity index (χ3n) is 5.18. The number of aromatic nitrogens is 6. The van der Waals surface area contributed by atoms with Crippen molar-refractivity contribution < 1.29 is 13.9 Å². The molecule has 0 saturated heterocycles. The Labute approximate surface area is 200 Å². The number of fused-ring (bicyclic) bond motifs is 1. The summed E-state index contributed by atoms with van der Waals surface area (Å²) < 4.78 is 22.1. The first-order valence-electron chi connectivity index (χ1n) is 11.0. The summed E-state index contributed by atoms with van der Waals surface area (Å²) in [5, 5.41) is 12.5. The molecule has 0 saturated carbocycles. The van der Waals surface area contributed by atoms with Gasteiger partial charge in [-0.2, -0.15) is 14.9 Å². The lowest BCUT2D eigenvalue weighted by Crippen LogP contribution is -2.16. The summed E-state index contributed by atoms with van der Waals surface area (Å²) in [6, 6.07) is 14.6. The van der Waals surface area contributed by atoms with Gasteiger partial charge in [-0.25, -0.2) is 19.0 Å². The molecule has 1 N–H and O–H groups in total. The second kappa shape index (κ2) is 8.98. The lowest BCUT2D eigenvalue weighted by atomic mass is 10.2. The zero-order valence-corrected chi connectivity index (χ0v) is 19.3. The number of halogens is 1. The van der Waals surface area contributed by atoms with Crippen molar-refractivity contribution in [3.05, 3.63) is 84.2 Å². The van der Waals surface area contributed by atoms with Crippen LogP contribution in [-0.4, -0.2) is 41.5 Å². The van der Waals surface area contributed by atoms with Gasteiger partial charge in [-0.15, -0.1) is 0 Å². The molecule has 3 heterocycles. The van der Waals surface area contributed by atoms with Gasteiger partial charge < -0.3 is 10.1 Å². The summed E-state index contributed by atoms with van der Waals surface area (Å²) in [4.78, 5) is 21.7. The first kappa shape index (κ1) is 22.2. The monoisotopic (exact) mass is 471 g/mol. The molecule has 0 fully saturated rings. The second-order valence-electron chi connectivity index (χ2n) is 8.20. The molecule has 0 atom stereocenters. The second-order valence-corrected chi connectivity index (χ2v) is 8.20. The molecular formula is C25H22FN7O2. The molecule has 1 amide bonds. The molecule has 0 aliphatic carbocycles. The Bertz CT molecular complexity index is 1510.